The Morgan fingerprint density at radius 1 is 1.26 bits per heavy atom. The second-order valence-electron chi connectivity index (χ2n) is 5.60. The molecule has 2 aliphatic rings. The van der Waals surface area contributed by atoms with Gasteiger partial charge in [0.1, 0.15) is 0 Å². The zero-order valence-corrected chi connectivity index (χ0v) is 12.8. The van der Waals surface area contributed by atoms with Crippen LogP contribution in [0.15, 0.2) is 23.2 Å². The number of hydrogen-bond donors (Lipinski definition) is 1. The maximum Gasteiger partial charge on any atom is 0.161 e. The molecule has 19 heavy (non-hydrogen) atoms. The summed E-state index contributed by atoms with van der Waals surface area (Å²) in [6.45, 7) is 2.08. The predicted octanol–water partition coefficient (Wildman–Crippen LogP) is 4.87. The van der Waals surface area contributed by atoms with Gasteiger partial charge in [-0.15, -0.1) is 0 Å². The maximum atomic E-state index is 6.23. The first-order chi connectivity index (χ1) is 9.17. The number of rotatable bonds is 1. The van der Waals surface area contributed by atoms with Gasteiger partial charge in [-0.1, -0.05) is 48.7 Å². The van der Waals surface area contributed by atoms with E-state index < -0.39 is 0 Å². The molecule has 102 valence electrons. The van der Waals surface area contributed by atoms with Crippen molar-refractivity contribution in [2.24, 2.45) is 4.99 Å². The first-order valence-electron chi connectivity index (χ1n) is 6.93. The molecule has 1 N–H and O–H groups in total. The van der Waals surface area contributed by atoms with Gasteiger partial charge >= 0.3 is 0 Å². The van der Waals surface area contributed by atoms with Crippen LogP contribution in [0, 0.1) is 6.92 Å². The number of nitrogens with zero attached hydrogens (tertiary/aromatic N) is 1. The molecule has 0 radical (unpaired) electrons. The van der Waals surface area contributed by atoms with Crippen LogP contribution in [-0.4, -0.2) is 16.5 Å². The van der Waals surface area contributed by atoms with Gasteiger partial charge in [-0.3, -0.25) is 4.99 Å². The van der Waals surface area contributed by atoms with Gasteiger partial charge in [0.15, 0.2) is 5.17 Å². The quantitative estimate of drug-likeness (QED) is 0.799. The highest BCUT2D eigenvalue weighted by atomic mass is 35.5. The molecule has 1 spiro atoms. The molecule has 1 fully saturated rings. The third-order valence-electron chi connectivity index (χ3n) is 3.96. The van der Waals surface area contributed by atoms with E-state index in [4.69, 9.17) is 16.6 Å². The van der Waals surface area contributed by atoms with Crippen LogP contribution in [0.5, 0.6) is 0 Å². The molecule has 0 atom stereocenters. The SMILES string of the molecule is Cc1ccc(Cl)c(NC2=NC3(CCCCC3)CS2)c1. The van der Waals surface area contributed by atoms with Gasteiger partial charge in [0.2, 0.25) is 0 Å². The molecule has 0 amide bonds. The number of amidine groups is 1. The highest BCUT2D eigenvalue weighted by molar-refractivity contribution is 8.14. The van der Waals surface area contributed by atoms with Crippen molar-refractivity contribution < 1.29 is 0 Å². The topological polar surface area (TPSA) is 24.4 Å². The molecule has 0 unspecified atom stereocenters. The summed E-state index contributed by atoms with van der Waals surface area (Å²) in [6.07, 6.45) is 6.50. The molecule has 0 bridgehead atoms. The lowest BCUT2D eigenvalue weighted by molar-refractivity contribution is 0.335. The second-order valence-corrected chi connectivity index (χ2v) is 6.97. The van der Waals surface area contributed by atoms with Gasteiger partial charge in [-0.25, -0.2) is 0 Å². The highest BCUT2D eigenvalue weighted by Gasteiger charge is 2.36. The van der Waals surface area contributed by atoms with E-state index in [1.54, 1.807) is 0 Å². The zero-order chi connectivity index (χ0) is 13.3. The van der Waals surface area contributed by atoms with Crippen molar-refractivity contribution in [3.8, 4) is 0 Å². The zero-order valence-electron chi connectivity index (χ0n) is 11.2. The van der Waals surface area contributed by atoms with Crippen molar-refractivity contribution in [2.75, 3.05) is 11.1 Å². The Kier molecular flexibility index (Phi) is 3.77. The fourth-order valence-electron chi connectivity index (χ4n) is 2.86. The Labute approximate surface area is 124 Å². The molecule has 1 saturated carbocycles. The minimum atomic E-state index is 0.210. The number of nitrogens with one attached hydrogen (secondary N) is 1. The summed E-state index contributed by atoms with van der Waals surface area (Å²) in [5.41, 5.74) is 2.39. The Morgan fingerprint density at radius 2 is 2.05 bits per heavy atom. The molecule has 1 aromatic carbocycles. The highest BCUT2D eigenvalue weighted by Crippen LogP contribution is 2.40. The van der Waals surface area contributed by atoms with Crippen LogP contribution in [0.2, 0.25) is 5.02 Å². The summed E-state index contributed by atoms with van der Waals surface area (Å²) in [4.78, 5) is 4.95. The molecule has 0 saturated heterocycles. The first kappa shape index (κ1) is 13.3. The Bertz CT molecular complexity index is 507. The number of thioether (sulfide) groups is 1. The van der Waals surface area contributed by atoms with Crippen LogP contribution in [0.1, 0.15) is 37.7 Å². The standard InChI is InChI=1S/C15H19ClN2S/c1-11-5-6-12(16)13(9-11)17-14-18-15(10-19-14)7-3-2-4-8-15/h5-6,9H,2-4,7-8,10H2,1H3,(H,17,18). The van der Waals surface area contributed by atoms with Crippen molar-refractivity contribution in [3.63, 3.8) is 0 Å². The molecular weight excluding hydrogens is 276 g/mol. The van der Waals surface area contributed by atoms with Gasteiger partial charge in [0, 0.05) is 5.75 Å². The number of aliphatic imine (C=N–C) groups is 1. The maximum absolute atomic E-state index is 6.23. The van der Waals surface area contributed by atoms with E-state index in [0.29, 0.717) is 0 Å². The van der Waals surface area contributed by atoms with Crippen LogP contribution < -0.4 is 5.32 Å². The summed E-state index contributed by atoms with van der Waals surface area (Å²) in [5.74, 6) is 1.12. The average molecular weight is 295 g/mol. The van der Waals surface area contributed by atoms with E-state index in [9.17, 15) is 0 Å². The number of hydrogen-bond acceptors (Lipinski definition) is 3. The normalized spacial score (nSPS) is 21.5. The van der Waals surface area contributed by atoms with Crippen molar-refractivity contribution in [1.82, 2.24) is 0 Å². The molecule has 4 heteroatoms. The van der Waals surface area contributed by atoms with Crippen LogP contribution in [0.3, 0.4) is 0 Å². The third-order valence-corrected chi connectivity index (χ3v) is 5.44. The lowest BCUT2D eigenvalue weighted by Crippen LogP contribution is -2.29. The first-order valence-corrected chi connectivity index (χ1v) is 8.29. The van der Waals surface area contributed by atoms with Gasteiger partial charge < -0.3 is 5.32 Å². The molecular formula is C15H19ClN2S. The fourth-order valence-corrected chi connectivity index (χ4v) is 4.23. The third kappa shape index (κ3) is 2.92. The average Bonchev–Trinajstić information content (AvgIpc) is 2.78. The summed E-state index contributed by atoms with van der Waals surface area (Å²) in [5, 5.41) is 5.20. The Balaban J connectivity index is 1.77. The summed E-state index contributed by atoms with van der Waals surface area (Å²) in [7, 11) is 0. The van der Waals surface area contributed by atoms with Gasteiger partial charge in [0.25, 0.3) is 0 Å². The van der Waals surface area contributed by atoms with Gasteiger partial charge in [0.05, 0.1) is 16.2 Å². The molecule has 0 aromatic heterocycles. The largest absolute Gasteiger partial charge is 0.334 e. The number of anilines is 1. The molecule has 1 aliphatic heterocycles. The minimum absolute atomic E-state index is 0.210. The summed E-state index contributed by atoms with van der Waals surface area (Å²) >= 11 is 8.06. The van der Waals surface area contributed by atoms with Crippen LogP contribution in [-0.2, 0) is 0 Å². The van der Waals surface area contributed by atoms with E-state index in [1.807, 2.05) is 23.9 Å². The molecule has 2 nitrogen and oxygen atoms in total. The summed E-state index contributed by atoms with van der Waals surface area (Å²) in [6, 6.07) is 6.05. The number of benzene rings is 1. The van der Waals surface area contributed by atoms with Crippen LogP contribution >= 0.6 is 23.4 Å². The molecule has 1 heterocycles. The number of halogens is 1. The fraction of sp³-hybridized carbons (Fsp3) is 0.533. The van der Waals surface area contributed by atoms with Crippen molar-refractivity contribution in [3.05, 3.63) is 28.8 Å². The van der Waals surface area contributed by atoms with Crippen molar-refractivity contribution in [1.29, 1.82) is 0 Å². The molecule has 1 aromatic rings. The predicted molar refractivity (Wildman–Crippen MR) is 85.5 cm³/mol. The monoisotopic (exact) mass is 294 g/mol. The van der Waals surface area contributed by atoms with E-state index in [0.717, 1.165) is 21.6 Å². The van der Waals surface area contributed by atoms with E-state index in [-0.39, 0.29) is 5.54 Å². The van der Waals surface area contributed by atoms with Gasteiger partial charge in [-0.05, 0) is 37.5 Å². The van der Waals surface area contributed by atoms with Crippen LogP contribution in [0.4, 0.5) is 5.69 Å². The molecule has 3 rings (SSSR count). The number of aryl methyl sites for hydroxylation is 1. The second kappa shape index (κ2) is 5.37. The van der Waals surface area contributed by atoms with Crippen molar-refractivity contribution in [2.45, 2.75) is 44.6 Å². The molecule has 1 aliphatic carbocycles. The minimum Gasteiger partial charge on any atom is -0.334 e. The van der Waals surface area contributed by atoms with Gasteiger partial charge in [-0.2, -0.15) is 0 Å². The Hall–Kier alpha value is -0.670. The smallest absolute Gasteiger partial charge is 0.161 e. The Morgan fingerprint density at radius 3 is 2.84 bits per heavy atom. The van der Waals surface area contributed by atoms with E-state index in [2.05, 4.69) is 18.3 Å². The lowest BCUT2D eigenvalue weighted by atomic mass is 9.84. The van der Waals surface area contributed by atoms with Crippen molar-refractivity contribution >= 4 is 34.2 Å². The van der Waals surface area contributed by atoms with E-state index in [1.165, 1.54) is 37.7 Å². The van der Waals surface area contributed by atoms with E-state index >= 15 is 0 Å². The van der Waals surface area contributed by atoms with Crippen LogP contribution in [0.25, 0.3) is 0 Å². The lowest BCUT2D eigenvalue weighted by Gasteiger charge is -2.29. The summed E-state index contributed by atoms with van der Waals surface area (Å²) < 4.78 is 0.